The Balaban J connectivity index is 1.81. The Morgan fingerprint density at radius 1 is 1.38 bits per heavy atom. The number of benzene rings is 1. The Labute approximate surface area is 126 Å². The summed E-state index contributed by atoms with van der Waals surface area (Å²) < 4.78 is 21.0. The van der Waals surface area contributed by atoms with Crippen LogP contribution in [-0.4, -0.2) is 16.9 Å². The first kappa shape index (κ1) is 15.6. The number of nitrogens with zero attached hydrogens (tertiary/aromatic N) is 1. The largest absolute Gasteiger partial charge is 0.351 e. The van der Waals surface area contributed by atoms with E-state index in [1.54, 1.807) is 12.1 Å². The van der Waals surface area contributed by atoms with E-state index in [9.17, 15) is 9.18 Å². The van der Waals surface area contributed by atoms with Crippen LogP contribution < -0.4 is 10.0 Å². The molecular formula is C14H18FN3O2S. The summed E-state index contributed by atoms with van der Waals surface area (Å²) in [6.07, 6.45) is 4.63. The molecule has 0 fully saturated rings. The van der Waals surface area contributed by atoms with Gasteiger partial charge in [0.1, 0.15) is 0 Å². The average molecular weight is 311 g/mol. The lowest BCUT2D eigenvalue weighted by atomic mass is 10.2. The predicted molar refractivity (Wildman–Crippen MR) is 82.7 cm³/mol. The fourth-order valence-electron chi connectivity index (χ4n) is 1.87. The highest BCUT2D eigenvalue weighted by molar-refractivity contribution is 7.97. The normalized spacial score (nSPS) is 10.8. The fourth-order valence-corrected chi connectivity index (χ4v) is 2.50. The molecule has 0 radical (unpaired) electrons. The molecule has 2 rings (SSSR count). The summed E-state index contributed by atoms with van der Waals surface area (Å²) >= 11 is 1.35. The molecule has 0 aliphatic rings. The number of aromatic nitrogens is 1. The lowest BCUT2D eigenvalue weighted by Crippen LogP contribution is -2.23. The van der Waals surface area contributed by atoms with Crippen LogP contribution in [-0.2, 0) is 0 Å². The molecule has 0 bridgehead atoms. The number of urea groups is 1. The van der Waals surface area contributed by atoms with E-state index in [4.69, 9.17) is 4.52 Å². The quantitative estimate of drug-likeness (QED) is 0.590. The van der Waals surface area contributed by atoms with Gasteiger partial charge in [-0.05, 0) is 30.5 Å². The first-order chi connectivity index (χ1) is 10.2. The number of amides is 2. The Hall–Kier alpha value is -1.76. The molecular weight excluding hydrogens is 293 g/mol. The van der Waals surface area contributed by atoms with Gasteiger partial charge in [-0.1, -0.05) is 37.4 Å². The van der Waals surface area contributed by atoms with Crippen LogP contribution in [0.5, 0.6) is 0 Å². The molecule has 0 saturated carbocycles. The summed E-state index contributed by atoms with van der Waals surface area (Å²) in [7, 11) is 0. The third-order valence-electron chi connectivity index (χ3n) is 2.95. The van der Waals surface area contributed by atoms with Gasteiger partial charge in [0.15, 0.2) is 11.6 Å². The maximum atomic E-state index is 13.4. The zero-order valence-electron chi connectivity index (χ0n) is 11.8. The third-order valence-corrected chi connectivity index (χ3v) is 3.77. The Morgan fingerprint density at radius 2 is 2.24 bits per heavy atom. The molecule has 1 heterocycles. The van der Waals surface area contributed by atoms with Gasteiger partial charge in [0.05, 0.1) is 5.39 Å². The molecule has 0 unspecified atom stereocenters. The van der Waals surface area contributed by atoms with Crippen LogP contribution in [0.15, 0.2) is 22.7 Å². The second-order valence-corrected chi connectivity index (χ2v) is 5.51. The topological polar surface area (TPSA) is 67.2 Å². The Bertz CT molecular complexity index is 603. The number of hydrogen-bond acceptors (Lipinski definition) is 4. The standard InChI is InChI=1S/C14H18FN3O2S/c1-2-3-4-5-9-21-18-14(19)16-13-10-7-6-8-11(15)12(10)20-17-13/h6-8H,2-5,9H2,1H3,(H2,16,17,18,19). The number of nitrogens with one attached hydrogen (secondary N) is 2. The average Bonchev–Trinajstić information content (AvgIpc) is 2.87. The van der Waals surface area contributed by atoms with E-state index >= 15 is 0 Å². The van der Waals surface area contributed by atoms with Crippen molar-refractivity contribution in [3.05, 3.63) is 24.0 Å². The van der Waals surface area contributed by atoms with E-state index in [1.165, 1.54) is 37.3 Å². The van der Waals surface area contributed by atoms with Crippen molar-refractivity contribution in [2.75, 3.05) is 11.1 Å². The highest BCUT2D eigenvalue weighted by atomic mass is 32.2. The monoisotopic (exact) mass is 311 g/mol. The molecule has 21 heavy (non-hydrogen) atoms. The fraction of sp³-hybridized carbons (Fsp3) is 0.429. The highest BCUT2D eigenvalue weighted by Gasteiger charge is 2.13. The number of carbonyl (C=O) groups is 1. The molecule has 0 saturated heterocycles. The van der Waals surface area contributed by atoms with E-state index in [0.717, 1.165) is 12.2 Å². The van der Waals surface area contributed by atoms with Crippen molar-refractivity contribution >= 4 is 34.8 Å². The summed E-state index contributed by atoms with van der Waals surface area (Å²) in [6.45, 7) is 2.16. The maximum Gasteiger partial charge on any atom is 0.330 e. The van der Waals surface area contributed by atoms with Crippen LogP contribution in [0.2, 0.25) is 0 Å². The minimum atomic E-state index is -0.501. The van der Waals surface area contributed by atoms with Gasteiger partial charge >= 0.3 is 6.03 Å². The third kappa shape index (κ3) is 4.35. The minimum absolute atomic E-state index is 0.0417. The van der Waals surface area contributed by atoms with Crippen molar-refractivity contribution in [3.8, 4) is 0 Å². The van der Waals surface area contributed by atoms with Gasteiger partial charge in [0.2, 0.25) is 5.58 Å². The number of fused-ring (bicyclic) bond motifs is 1. The number of carbonyl (C=O) groups excluding carboxylic acids is 1. The van der Waals surface area contributed by atoms with E-state index in [1.807, 2.05) is 0 Å². The molecule has 1 aromatic carbocycles. The highest BCUT2D eigenvalue weighted by Crippen LogP contribution is 2.24. The van der Waals surface area contributed by atoms with E-state index in [-0.39, 0.29) is 11.4 Å². The molecule has 2 N–H and O–H groups in total. The van der Waals surface area contributed by atoms with Gasteiger partial charge in [-0.15, -0.1) is 0 Å². The summed E-state index contributed by atoms with van der Waals surface area (Å²) in [6, 6.07) is 4.07. The first-order valence-electron chi connectivity index (χ1n) is 6.95. The Morgan fingerprint density at radius 3 is 3.05 bits per heavy atom. The van der Waals surface area contributed by atoms with Crippen molar-refractivity contribution in [3.63, 3.8) is 0 Å². The van der Waals surface area contributed by atoms with Crippen LogP contribution in [0.3, 0.4) is 0 Å². The molecule has 0 aliphatic carbocycles. The molecule has 2 amide bonds. The molecule has 1 aromatic heterocycles. The van der Waals surface area contributed by atoms with Gasteiger partial charge in [0, 0.05) is 5.75 Å². The van der Waals surface area contributed by atoms with Crippen LogP contribution in [0.4, 0.5) is 15.0 Å². The number of rotatable bonds is 7. The van der Waals surface area contributed by atoms with Crippen LogP contribution in [0, 0.1) is 5.82 Å². The zero-order chi connectivity index (χ0) is 15.1. The summed E-state index contributed by atoms with van der Waals surface area (Å²) in [5, 5.41) is 6.66. The number of halogens is 1. The van der Waals surface area contributed by atoms with Crippen molar-refractivity contribution in [1.29, 1.82) is 0 Å². The second kappa shape index (κ2) is 7.87. The summed E-state index contributed by atoms with van der Waals surface area (Å²) in [5.41, 5.74) is 0.0417. The van der Waals surface area contributed by atoms with Gasteiger partial charge < -0.3 is 4.52 Å². The van der Waals surface area contributed by atoms with Crippen molar-refractivity contribution < 1.29 is 13.7 Å². The van der Waals surface area contributed by atoms with Crippen molar-refractivity contribution in [2.24, 2.45) is 0 Å². The van der Waals surface area contributed by atoms with Crippen LogP contribution >= 0.6 is 11.9 Å². The second-order valence-electron chi connectivity index (χ2n) is 4.61. The van der Waals surface area contributed by atoms with Crippen molar-refractivity contribution in [2.45, 2.75) is 32.6 Å². The molecule has 7 heteroatoms. The van der Waals surface area contributed by atoms with Crippen LogP contribution in [0.1, 0.15) is 32.6 Å². The lowest BCUT2D eigenvalue weighted by Gasteiger charge is -2.04. The Kier molecular flexibility index (Phi) is 5.86. The van der Waals surface area contributed by atoms with Gasteiger partial charge in [-0.2, -0.15) is 0 Å². The minimum Gasteiger partial charge on any atom is -0.351 e. The maximum absolute atomic E-state index is 13.4. The SMILES string of the molecule is CCCCCCSNC(=O)Nc1noc2c(F)cccc12. The molecule has 0 atom stereocenters. The number of unbranched alkanes of at least 4 members (excludes halogenated alkanes) is 3. The molecule has 114 valence electrons. The van der Waals surface area contributed by atoms with Gasteiger partial charge in [-0.25, -0.2) is 9.18 Å². The zero-order valence-corrected chi connectivity index (χ0v) is 12.6. The summed E-state index contributed by atoms with van der Waals surface area (Å²) in [4.78, 5) is 11.7. The smallest absolute Gasteiger partial charge is 0.330 e. The number of hydrogen-bond donors (Lipinski definition) is 2. The first-order valence-corrected chi connectivity index (χ1v) is 7.93. The van der Waals surface area contributed by atoms with E-state index < -0.39 is 11.8 Å². The van der Waals surface area contributed by atoms with Gasteiger partial charge in [0.25, 0.3) is 0 Å². The number of para-hydroxylation sites is 1. The molecule has 2 aromatic rings. The number of anilines is 1. The molecule has 0 aliphatic heterocycles. The van der Waals surface area contributed by atoms with E-state index in [0.29, 0.717) is 5.39 Å². The van der Waals surface area contributed by atoms with Gasteiger partial charge in [-0.3, -0.25) is 10.0 Å². The van der Waals surface area contributed by atoms with Crippen LogP contribution in [0.25, 0.3) is 11.0 Å². The van der Waals surface area contributed by atoms with E-state index in [2.05, 4.69) is 22.1 Å². The lowest BCUT2D eigenvalue weighted by molar-refractivity contribution is 0.257. The molecule has 0 spiro atoms. The molecule has 5 nitrogen and oxygen atoms in total. The van der Waals surface area contributed by atoms with Crippen molar-refractivity contribution in [1.82, 2.24) is 9.88 Å². The predicted octanol–water partition coefficient (Wildman–Crippen LogP) is 4.32. The summed E-state index contributed by atoms with van der Waals surface area (Å²) in [5.74, 6) is 0.578.